The van der Waals surface area contributed by atoms with Crippen LogP contribution >= 0.6 is 11.8 Å². The van der Waals surface area contributed by atoms with Crippen molar-refractivity contribution in [2.75, 3.05) is 12.9 Å². The lowest BCUT2D eigenvalue weighted by Gasteiger charge is -2.14. The highest BCUT2D eigenvalue weighted by Gasteiger charge is 2.18. The summed E-state index contributed by atoms with van der Waals surface area (Å²) in [5, 5.41) is 3.45. The number of esters is 1. The number of hydrogen-bond donors (Lipinski definition) is 1. The predicted molar refractivity (Wildman–Crippen MR) is 119 cm³/mol. The van der Waals surface area contributed by atoms with E-state index in [0.717, 1.165) is 22.6 Å². The maximum Gasteiger partial charge on any atom is 0.317 e. The molecule has 1 amide bonds. The molecule has 0 radical (unpaired) electrons. The summed E-state index contributed by atoms with van der Waals surface area (Å²) in [6, 6.07) is 15.3. The van der Waals surface area contributed by atoms with Crippen LogP contribution in [0, 0.1) is 6.92 Å². The number of benzene rings is 2. The van der Waals surface area contributed by atoms with Gasteiger partial charge >= 0.3 is 5.97 Å². The molecule has 0 saturated heterocycles. The van der Waals surface area contributed by atoms with Gasteiger partial charge < -0.3 is 14.8 Å². The number of carbonyl (C=O) groups is 2. The number of rotatable bonds is 9. The predicted octanol–water partition coefficient (Wildman–Crippen LogP) is 3.53. The number of ether oxygens (including phenoxy) is 2. The number of amides is 1. The number of aromatic nitrogens is 2. The molecule has 0 spiro atoms. The summed E-state index contributed by atoms with van der Waals surface area (Å²) >= 11 is 1.27. The first-order valence-corrected chi connectivity index (χ1v) is 10.8. The molecule has 31 heavy (non-hydrogen) atoms. The zero-order valence-electron chi connectivity index (χ0n) is 17.7. The average Bonchev–Trinajstić information content (AvgIpc) is 3.25. The van der Waals surface area contributed by atoms with Crippen molar-refractivity contribution in [2.24, 2.45) is 0 Å². The van der Waals surface area contributed by atoms with Crippen molar-refractivity contribution in [3.8, 4) is 11.4 Å². The molecule has 0 aliphatic carbocycles. The monoisotopic (exact) mass is 439 g/mol. The van der Waals surface area contributed by atoms with Gasteiger partial charge in [0, 0.05) is 18.9 Å². The largest absolute Gasteiger partial charge is 0.497 e. The van der Waals surface area contributed by atoms with Gasteiger partial charge in [-0.15, -0.1) is 0 Å². The van der Waals surface area contributed by atoms with E-state index in [0.29, 0.717) is 11.7 Å². The van der Waals surface area contributed by atoms with Crippen LogP contribution in [-0.2, 0) is 20.9 Å². The van der Waals surface area contributed by atoms with Gasteiger partial charge in [0.1, 0.15) is 5.75 Å². The first kappa shape index (κ1) is 22.4. The van der Waals surface area contributed by atoms with Gasteiger partial charge in [0.25, 0.3) is 5.91 Å². The number of nitrogens with one attached hydrogen (secondary N) is 1. The lowest BCUT2D eigenvalue weighted by molar-refractivity contribution is -0.152. The first-order valence-electron chi connectivity index (χ1n) is 9.80. The number of nitrogens with zero attached hydrogens (tertiary/aromatic N) is 2. The Hall–Kier alpha value is -3.26. The molecule has 7 nitrogen and oxygen atoms in total. The Morgan fingerprint density at radius 2 is 1.90 bits per heavy atom. The Labute approximate surface area is 185 Å². The minimum Gasteiger partial charge on any atom is -0.497 e. The summed E-state index contributed by atoms with van der Waals surface area (Å²) < 4.78 is 12.3. The molecule has 1 heterocycles. The number of aryl methyl sites for hydroxylation is 1. The molecule has 0 saturated carbocycles. The van der Waals surface area contributed by atoms with Crippen molar-refractivity contribution in [2.45, 2.75) is 31.7 Å². The molecule has 1 atom stereocenters. The summed E-state index contributed by atoms with van der Waals surface area (Å²) in [6.45, 7) is 3.91. The van der Waals surface area contributed by atoms with Crippen LogP contribution in [0.15, 0.2) is 66.1 Å². The zero-order valence-corrected chi connectivity index (χ0v) is 18.5. The fourth-order valence-electron chi connectivity index (χ4n) is 2.90. The van der Waals surface area contributed by atoms with Gasteiger partial charge in [-0.3, -0.25) is 14.2 Å². The van der Waals surface area contributed by atoms with Gasteiger partial charge in [0.15, 0.2) is 11.3 Å². The van der Waals surface area contributed by atoms with Crippen LogP contribution in [0.3, 0.4) is 0 Å². The Morgan fingerprint density at radius 3 is 2.61 bits per heavy atom. The van der Waals surface area contributed by atoms with Crippen molar-refractivity contribution in [3.05, 3.63) is 72.1 Å². The lowest BCUT2D eigenvalue weighted by Crippen LogP contribution is -2.35. The standard InChI is InChI=1S/C23H25N3O4S/c1-16-6-4-5-7-20(16)26-13-12-24-23(26)31-15-21(27)30-17(2)22(28)25-14-18-8-10-19(29-3)11-9-18/h4-13,17H,14-15H2,1-3H3,(H,25,28)/t17-/m1/s1. The van der Waals surface area contributed by atoms with E-state index >= 15 is 0 Å². The van der Waals surface area contributed by atoms with Crippen LogP contribution in [0.5, 0.6) is 5.75 Å². The third-order valence-electron chi connectivity index (χ3n) is 4.60. The molecular weight excluding hydrogens is 414 g/mol. The molecule has 0 fully saturated rings. The van der Waals surface area contributed by atoms with Crippen LogP contribution in [0.25, 0.3) is 5.69 Å². The SMILES string of the molecule is COc1ccc(CNC(=O)[C@@H](C)OC(=O)CSc2nccn2-c2ccccc2C)cc1. The Kier molecular flexibility index (Phi) is 7.72. The highest BCUT2D eigenvalue weighted by molar-refractivity contribution is 7.99. The molecule has 0 bridgehead atoms. The fraction of sp³-hybridized carbons (Fsp3) is 0.261. The minimum atomic E-state index is -0.887. The highest BCUT2D eigenvalue weighted by Crippen LogP contribution is 2.22. The van der Waals surface area contributed by atoms with Gasteiger partial charge in [-0.1, -0.05) is 42.1 Å². The molecular formula is C23H25N3O4S. The minimum absolute atomic E-state index is 0.0546. The number of methoxy groups -OCH3 is 1. The molecule has 0 aliphatic rings. The number of thioether (sulfide) groups is 1. The highest BCUT2D eigenvalue weighted by atomic mass is 32.2. The van der Waals surface area contributed by atoms with Gasteiger partial charge in [-0.05, 0) is 43.2 Å². The quantitative estimate of drug-likeness (QED) is 0.406. The Bertz CT molecular complexity index is 1030. The summed E-state index contributed by atoms with van der Waals surface area (Å²) in [4.78, 5) is 28.8. The van der Waals surface area contributed by atoms with E-state index in [1.807, 2.05) is 66.2 Å². The van der Waals surface area contributed by atoms with Gasteiger partial charge in [-0.2, -0.15) is 0 Å². The van der Waals surface area contributed by atoms with Crippen molar-refractivity contribution in [1.29, 1.82) is 0 Å². The molecule has 2 aromatic carbocycles. The molecule has 3 rings (SSSR count). The Balaban J connectivity index is 1.48. The van der Waals surface area contributed by atoms with Crippen LogP contribution < -0.4 is 10.1 Å². The van der Waals surface area contributed by atoms with Gasteiger partial charge in [0.2, 0.25) is 0 Å². The Morgan fingerprint density at radius 1 is 1.16 bits per heavy atom. The van der Waals surface area contributed by atoms with E-state index in [4.69, 9.17) is 9.47 Å². The maximum atomic E-state index is 12.2. The first-order chi connectivity index (χ1) is 15.0. The molecule has 1 N–H and O–H groups in total. The van der Waals surface area contributed by atoms with Crippen molar-refractivity contribution in [1.82, 2.24) is 14.9 Å². The smallest absolute Gasteiger partial charge is 0.317 e. The average molecular weight is 440 g/mol. The molecule has 8 heteroatoms. The molecule has 162 valence electrons. The maximum absolute atomic E-state index is 12.2. The summed E-state index contributed by atoms with van der Waals surface area (Å²) in [7, 11) is 1.60. The summed E-state index contributed by atoms with van der Waals surface area (Å²) in [5.74, 6) is -0.0242. The van der Waals surface area contributed by atoms with Crippen molar-refractivity contribution in [3.63, 3.8) is 0 Å². The van der Waals surface area contributed by atoms with Gasteiger partial charge in [0.05, 0.1) is 18.6 Å². The number of hydrogen-bond acceptors (Lipinski definition) is 6. The van der Waals surface area contributed by atoms with E-state index < -0.39 is 12.1 Å². The normalized spacial score (nSPS) is 11.6. The van der Waals surface area contributed by atoms with E-state index in [9.17, 15) is 9.59 Å². The zero-order chi connectivity index (χ0) is 22.2. The number of carbonyl (C=O) groups excluding carboxylic acids is 2. The lowest BCUT2D eigenvalue weighted by atomic mass is 10.2. The number of para-hydroxylation sites is 1. The molecule has 1 aromatic heterocycles. The summed E-state index contributed by atoms with van der Waals surface area (Å²) in [6.07, 6.45) is 2.66. The molecule has 3 aromatic rings. The molecule has 0 aliphatic heterocycles. The second kappa shape index (κ2) is 10.7. The summed E-state index contributed by atoms with van der Waals surface area (Å²) in [5.41, 5.74) is 3.03. The van der Waals surface area contributed by atoms with E-state index in [2.05, 4.69) is 10.3 Å². The van der Waals surface area contributed by atoms with E-state index in [1.165, 1.54) is 11.8 Å². The third kappa shape index (κ3) is 6.11. The van der Waals surface area contributed by atoms with Crippen LogP contribution in [0.2, 0.25) is 0 Å². The third-order valence-corrected chi connectivity index (χ3v) is 5.54. The number of imidazole rings is 1. The van der Waals surface area contributed by atoms with Crippen LogP contribution in [0.4, 0.5) is 0 Å². The second-order valence-electron chi connectivity index (χ2n) is 6.85. The van der Waals surface area contributed by atoms with Crippen molar-refractivity contribution >= 4 is 23.6 Å². The van der Waals surface area contributed by atoms with Crippen molar-refractivity contribution < 1.29 is 19.1 Å². The van der Waals surface area contributed by atoms with Gasteiger partial charge in [-0.25, -0.2) is 4.98 Å². The van der Waals surface area contributed by atoms with Crippen LogP contribution in [-0.4, -0.2) is 40.4 Å². The fourth-order valence-corrected chi connectivity index (χ4v) is 3.65. The van der Waals surface area contributed by atoms with Crippen LogP contribution in [0.1, 0.15) is 18.1 Å². The van der Waals surface area contributed by atoms with E-state index in [-0.39, 0.29) is 11.7 Å². The second-order valence-corrected chi connectivity index (χ2v) is 7.80. The topological polar surface area (TPSA) is 82.4 Å². The van der Waals surface area contributed by atoms with E-state index in [1.54, 1.807) is 20.2 Å². The molecule has 0 unspecified atom stereocenters.